The Hall–Kier alpha value is -1.78. The number of hydrogen-bond acceptors (Lipinski definition) is 3. The predicted octanol–water partition coefficient (Wildman–Crippen LogP) is 2.68. The number of ether oxygens (including phenoxy) is 1. The summed E-state index contributed by atoms with van der Waals surface area (Å²) < 4.78 is 19.0. The van der Waals surface area contributed by atoms with Gasteiger partial charge in [-0.3, -0.25) is 0 Å². The average Bonchev–Trinajstić information content (AvgIpc) is 2.37. The number of hydrogen-bond donors (Lipinski definition) is 0. The summed E-state index contributed by atoms with van der Waals surface area (Å²) in [5.41, 5.74) is 0.0469. The van der Waals surface area contributed by atoms with Gasteiger partial charge in [0.05, 0.1) is 5.69 Å². The van der Waals surface area contributed by atoms with Crippen molar-refractivity contribution in [2.24, 2.45) is 0 Å². The maximum absolute atomic E-state index is 13.7. The number of anilines is 1. The fraction of sp³-hybridized carbons (Fsp3) is 0.533. The summed E-state index contributed by atoms with van der Waals surface area (Å²) in [4.78, 5) is 15.5. The SMILES string of the molecule is CC(C)(C)OC(=O)N1CCN(c2c[c]ccc2F)CC1. The molecule has 0 unspecified atom stereocenters. The van der Waals surface area contributed by atoms with Crippen LogP contribution in [0.5, 0.6) is 0 Å². The predicted molar refractivity (Wildman–Crippen MR) is 75.3 cm³/mol. The van der Waals surface area contributed by atoms with E-state index in [9.17, 15) is 9.18 Å². The minimum Gasteiger partial charge on any atom is -0.444 e. The lowest BCUT2D eigenvalue weighted by atomic mass is 10.2. The highest BCUT2D eigenvalue weighted by Crippen LogP contribution is 2.20. The largest absolute Gasteiger partial charge is 0.444 e. The molecule has 1 aromatic carbocycles. The lowest BCUT2D eigenvalue weighted by molar-refractivity contribution is 0.0240. The summed E-state index contributed by atoms with van der Waals surface area (Å²) in [5.74, 6) is -0.255. The van der Waals surface area contributed by atoms with Gasteiger partial charge in [-0.1, -0.05) is 6.07 Å². The van der Waals surface area contributed by atoms with Gasteiger partial charge in [-0.15, -0.1) is 0 Å². The molecular weight excluding hydrogens is 259 g/mol. The molecule has 1 aliphatic heterocycles. The molecule has 0 N–H and O–H groups in total. The summed E-state index contributed by atoms with van der Waals surface area (Å²) >= 11 is 0. The van der Waals surface area contributed by atoms with Gasteiger partial charge in [0.25, 0.3) is 0 Å². The summed E-state index contributed by atoms with van der Waals surface area (Å²) in [6.45, 7) is 7.78. The van der Waals surface area contributed by atoms with Crippen molar-refractivity contribution >= 4 is 11.8 Å². The first-order chi connectivity index (χ1) is 9.37. The summed E-state index contributed by atoms with van der Waals surface area (Å²) in [5, 5.41) is 0. The first-order valence-corrected chi connectivity index (χ1v) is 6.75. The molecule has 0 aromatic heterocycles. The zero-order chi connectivity index (χ0) is 14.8. The molecule has 1 amide bonds. The van der Waals surface area contributed by atoms with Crippen molar-refractivity contribution in [3.8, 4) is 0 Å². The van der Waals surface area contributed by atoms with Crippen LogP contribution in [0, 0.1) is 11.9 Å². The molecule has 4 nitrogen and oxygen atoms in total. The van der Waals surface area contributed by atoms with Crippen LogP contribution < -0.4 is 4.90 Å². The summed E-state index contributed by atoms with van der Waals surface area (Å²) in [6.07, 6.45) is -0.308. The zero-order valence-electron chi connectivity index (χ0n) is 12.1. The highest BCUT2D eigenvalue weighted by atomic mass is 19.1. The van der Waals surface area contributed by atoms with Gasteiger partial charge < -0.3 is 14.5 Å². The Morgan fingerprint density at radius 3 is 2.50 bits per heavy atom. The minimum atomic E-state index is -0.491. The smallest absolute Gasteiger partial charge is 0.410 e. The number of nitrogens with zero attached hydrogens (tertiary/aromatic N) is 2. The van der Waals surface area contributed by atoms with Gasteiger partial charge in [0.15, 0.2) is 0 Å². The van der Waals surface area contributed by atoms with Gasteiger partial charge in [-0.25, -0.2) is 9.18 Å². The fourth-order valence-corrected chi connectivity index (χ4v) is 2.10. The Morgan fingerprint density at radius 2 is 1.95 bits per heavy atom. The van der Waals surface area contributed by atoms with Crippen LogP contribution >= 0.6 is 0 Å². The van der Waals surface area contributed by atoms with Gasteiger partial charge in [0.1, 0.15) is 11.4 Å². The zero-order valence-corrected chi connectivity index (χ0v) is 12.1. The third kappa shape index (κ3) is 3.62. The Labute approximate surface area is 119 Å². The molecule has 1 fully saturated rings. The number of benzene rings is 1. The van der Waals surface area contributed by atoms with Gasteiger partial charge in [0, 0.05) is 26.2 Å². The van der Waals surface area contributed by atoms with Crippen LogP contribution in [0.25, 0.3) is 0 Å². The van der Waals surface area contributed by atoms with Crippen molar-refractivity contribution < 1.29 is 13.9 Å². The Balaban J connectivity index is 1.93. The fourth-order valence-electron chi connectivity index (χ4n) is 2.10. The maximum atomic E-state index is 13.7. The van der Waals surface area contributed by atoms with Crippen molar-refractivity contribution in [3.63, 3.8) is 0 Å². The molecule has 1 heterocycles. The highest BCUT2D eigenvalue weighted by molar-refractivity contribution is 5.68. The summed E-state index contributed by atoms with van der Waals surface area (Å²) in [6, 6.07) is 7.46. The van der Waals surface area contributed by atoms with Crippen LogP contribution in [0.3, 0.4) is 0 Å². The third-order valence-electron chi connectivity index (χ3n) is 3.06. The monoisotopic (exact) mass is 279 g/mol. The second-order valence-corrected chi connectivity index (χ2v) is 5.83. The first-order valence-electron chi connectivity index (χ1n) is 6.75. The van der Waals surface area contributed by atoms with Crippen molar-refractivity contribution in [2.75, 3.05) is 31.1 Å². The second-order valence-electron chi connectivity index (χ2n) is 5.83. The van der Waals surface area contributed by atoms with E-state index >= 15 is 0 Å². The molecule has 2 rings (SSSR count). The van der Waals surface area contributed by atoms with Gasteiger partial charge in [0.2, 0.25) is 0 Å². The van der Waals surface area contributed by atoms with Gasteiger partial charge in [-0.05, 0) is 39.0 Å². The topological polar surface area (TPSA) is 32.8 Å². The molecule has 0 spiro atoms. The molecule has 1 saturated heterocycles. The number of carbonyl (C=O) groups excluding carboxylic acids is 1. The molecule has 0 aliphatic carbocycles. The number of halogens is 1. The quantitative estimate of drug-likeness (QED) is 0.792. The molecule has 109 valence electrons. The molecule has 0 atom stereocenters. The van der Waals surface area contributed by atoms with Crippen molar-refractivity contribution in [3.05, 3.63) is 30.1 Å². The van der Waals surface area contributed by atoms with Crippen LogP contribution in [0.2, 0.25) is 0 Å². The summed E-state index contributed by atoms with van der Waals surface area (Å²) in [7, 11) is 0. The standard InChI is InChI=1S/C15H20FN2O2/c1-15(2,3)20-14(19)18-10-8-17(9-11-18)13-7-5-4-6-12(13)16/h4,6-7H,8-11H2,1-3H3. The number of carbonyl (C=O) groups is 1. The Bertz CT molecular complexity index is 477. The van der Waals surface area contributed by atoms with E-state index in [1.165, 1.54) is 6.07 Å². The minimum absolute atomic E-state index is 0.255. The van der Waals surface area contributed by atoms with E-state index in [-0.39, 0.29) is 11.9 Å². The molecule has 20 heavy (non-hydrogen) atoms. The molecule has 0 bridgehead atoms. The van der Waals surface area contributed by atoms with E-state index in [2.05, 4.69) is 6.07 Å². The lowest BCUT2D eigenvalue weighted by Gasteiger charge is -2.36. The van der Waals surface area contributed by atoms with Gasteiger partial charge >= 0.3 is 6.09 Å². The van der Waals surface area contributed by atoms with Crippen LogP contribution in [0.15, 0.2) is 18.2 Å². The molecule has 1 aliphatic rings. The van der Waals surface area contributed by atoms with Crippen molar-refractivity contribution in [2.45, 2.75) is 26.4 Å². The number of piperazine rings is 1. The van der Waals surface area contributed by atoms with Crippen LogP contribution in [0.1, 0.15) is 20.8 Å². The van der Waals surface area contributed by atoms with Crippen molar-refractivity contribution in [1.29, 1.82) is 0 Å². The van der Waals surface area contributed by atoms with Gasteiger partial charge in [-0.2, -0.15) is 0 Å². The maximum Gasteiger partial charge on any atom is 0.410 e. The Morgan fingerprint density at radius 1 is 1.30 bits per heavy atom. The molecule has 1 aromatic rings. The second kappa shape index (κ2) is 5.69. The van der Waals surface area contributed by atoms with E-state index in [1.54, 1.807) is 17.0 Å². The first kappa shape index (κ1) is 14.6. The molecule has 5 heteroatoms. The average molecular weight is 279 g/mol. The van der Waals surface area contributed by atoms with E-state index in [0.29, 0.717) is 31.9 Å². The van der Waals surface area contributed by atoms with Crippen LogP contribution in [-0.4, -0.2) is 42.8 Å². The molecular formula is C15H20FN2O2. The Kier molecular flexibility index (Phi) is 4.16. The highest BCUT2D eigenvalue weighted by Gasteiger charge is 2.26. The number of rotatable bonds is 1. The van der Waals surface area contributed by atoms with Crippen LogP contribution in [0.4, 0.5) is 14.9 Å². The van der Waals surface area contributed by atoms with E-state index < -0.39 is 5.60 Å². The lowest BCUT2D eigenvalue weighted by Crippen LogP contribution is -2.50. The third-order valence-corrected chi connectivity index (χ3v) is 3.06. The van der Waals surface area contributed by atoms with Crippen LogP contribution in [-0.2, 0) is 4.74 Å². The van der Waals surface area contributed by atoms with Crippen molar-refractivity contribution in [1.82, 2.24) is 4.90 Å². The van der Waals surface area contributed by atoms with E-state index in [4.69, 9.17) is 4.74 Å². The number of amides is 1. The normalized spacial score (nSPS) is 16.2. The molecule has 1 radical (unpaired) electrons. The van der Waals surface area contributed by atoms with E-state index in [0.717, 1.165) is 0 Å². The van der Waals surface area contributed by atoms with E-state index in [1.807, 2.05) is 25.7 Å². The molecule has 0 saturated carbocycles.